The van der Waals surface area contributed by atoms with Crippen LogP contribution in [0.3, 0.4) is 0 Å². The van der Waals surface area contributed by atoms with Gasteiger partial charge in [0.1, 0.15) is 0 Å². The van der Waals surface area contributed by atoms with Gasteiger partial charge in [0.05, 0.1) is 5.69 Å². The van der Waals surface area contributed by atoms with Crippen molar-refractivity contribution >= 4 is 18.1 Å². The molecule has 0 heterocycles. The van der Waals surface area contributed by atoms with Crippen molar-refractivity contribution in [3.05, 3.63) is 60.7 Å². The third-order valence-electron chi connectivity index (χ3n) is 2.63. The summed E-state index contributed by atoms with van der Waals surface area (Å²) < 4.78 is 0. The minimum Gasteiger partial charge on any atom is -0.412 e. The summed E-state index contributed by atoms with van der Waals surface area (Å²) in [5.41, 5.74) is 2.02. The molecule has 20 heavy (non-hydrogen) atoms. The Morgan fingerprint density at radius 2 is 1.30 bits per heavy atom. The summed E-state index contributed by atoms with van der Waals surface area (Å²) in [5, 5.41) is 8.70. The molecule has 0 saturated carbocycles. The molecule has 0 aliphatic heterocycles. The van der Waals surface area contributed by atoms with Crippen LogP contribution in [-0.2, 0) is 0 Å². The Balaban J connectivity index is 0.00000180. The molecular formula is C14H20BN3O2. The van der Waals surface area contributed by atoms with E-state index in [0.29, 0.717) is 0 Å². The van der Waals surface area contributed by atoms with E-state index in [2.05, 4.69) is 22.3 Å². The first kappa shape index (κ1) is 18.0. The van der Waals surface area contributed by atoms with Crippen LogP contribution in [0.1, 0.15) is 0 Å². The minimum atomic E-state index is -0.0496. The average Bonchev–Trinajstić information content (AvgIpc) is 2.41. The predicted octanol–water partition coefficient (Wildman–Crippen LogP) is 1.08. The molecule has 0 amide bonds. The molecule has 0 bridgehead atoms. The molecule has 2 aromatic rings. The van der Waals surface area contributed by atoms with Gasteiger partial charge in [0, 0.05) is 0 Å². The molecule has 5 nitrogen and oxygen atoms in total. The topological polar surface area (TPSA) is 91.0 Å². The molecule has 4 N–H and O–H groups in total. The second-order valence-corrected chi connectivity index (χ2v) is 4.30. The number of hydrogen-bond acceptors (Lipinski definition) is 3. The second-order valence-electron chi connectivity index (χ2n) is 4.30. The molecule has 0 atom stereocenters. The van der Waals surface area contributed by atoms with Crippen LogP contribution in [0.15, 0.2) is 70.8 Å². The average molecular weight is 273 g/mol. The summed E-state index contributed by atoms with van der Waals surface area (Å²) in [6.45, 7) is -0.0496. The molecule has 6 heteroatoms. The SMILES string of the molecule is CN(C)B(N=Nc1ccccc1)c1ccccc1.O.O. The molecule has 106 valence electrons. The normalized spacial score (nSPS) is 9.95. The Kier molecular flexibility index (Phi) is 8.07. The first-order chi connectivity index (χ1) is 8.77. The van der Waals surface area contributed by atoms with Crippen molar-refractivity contribution in [1.82, 2.24) is 4.81 Å². The molecule has 0 aliphatic rings. The highest BCUT2D eigenvalue weighted by molar-refractivity contribution is 6.68. The molecule has 0 saturated heterocycles. The summed E-state index contributed by atoms with van der Waals surface area (Å²) >= 11 is 0. The highest BCUT2D eigenvalue weighted by Gasteiger charge is 2.19. The molecule has 0 unspecified atom stereocenters. The van der Waals surface area contributed by atoms with Crippen molar-refractivity contribution in [3.8, 4) is 0 Å². The maximum Gasteiger partial charge on any atom is 0.423 e. The molecule has 0 spiro atoms. The smallest absolute Gasteiger partial charge is 0.412 e. The fourth-order valence-corrected chi connectivity index (χ4v) is 1.71. The van der Waals surface area contributed by atoms with Crippen LogP contribution in [0.4, 0.5) is 5.69 Å². The standard InChI is InChI=1S/C14H16BN3.2H2O/c1-18(2)15(13-9-5-3-6-10-13)17-16-14-11-7-4-8-12-14;;/h3-12H,1-2H3;2*1H2. The molecule has 2 rings (SSSR count). The monoisotopic (exact) mass is 273 g/mol. The zero-order valence-electron chi connectivity index (χ0n) is 11.7. The van der Waals surface area contributed by atoms with E-state index in [1.165, 1.54) is 0 Å². The second kappa shape index (κ2) is 8.98. The van der Waals surface area contributed by atoms with E-state index in [9.17, 15) is 0 Å². The first-order valence-corrected chi connectivity index (χ1v) is 5.94. The number of rotatable bonds is 4. The fourth-order valence-electron chi connectivity index (χ4n) is 1.71. The van der Waals surface area contributed by atoms with E-state index in [4.69, 9.17) is 0 Å². The summed E-state index contributed by atoms with van der Waals surface area (Å²) in [6.07, 6.45) is 0. The maximum atomic E-state index is 4.41. The molecule has 0 fully saturated rings. The largest absolute Gasteiger partial charge is 0.423 e. The summed E-state index contributed by atoms with van der Waals surface area (Å²) in [4.78, 5) is 2.04. The lowest BCUT2D eigenvalue weighted by molar-refractivity contribution is 0.645. The molecular weight excluding hydrogens is 253 g/mol. The number of hydrogen-bond donors (Lipinski definition) is 0. The van der Waals surface area contributed by atoms with Gasteiger partial charge in [-0.25, -0.2) is 5.03 Å². The van der Waals surface area contributed by atoms with E-state index in [-0.39, 0.29) is 17.9 Å². The Morgan fingerprint density at radius 1 is 0.800 bits per heavy atom. The van der Waals surface area contributed by atoms with E-state index in [1.54, 1.807) is 0 Å². The van der Waals surface area contributed by atoms with Crippen LogP contribution in [0.5, 0.6) is 0 Å². The van der Waals surface area contributed by atoms with Gasteiger partial charge in [-0.1, -0.05) is 48.5 Å². The highest BCUT2D eigenvalue weighted by atomic mass is 16.0. The lowest BCUT2D eigenvalue weighted by atomic mass is 9.68. The fraction of sp³-hybridized carbons (Fsp3) is 0.143. The van der Waals surface area contributed by atoms with Crippen LogP contribution in [0.2, 0.25) is 0 Å². The predicted molar refractivity (Wildman–Crippen MR) is 83.7 cm³/mol. The van der Waals surface area contributed by atoms with Gasteiger partial charge in [-0.3, -0.25) is 0 Å². The Bertz CT molecular complexity index is 506. The Morgan fingerprint density at radius 3 is 1.80 bits per heavy atom. The molecule has 0 aliphatic carbocycles. The van der Waals surface area contributed by atoms with Crippen LogP contribution in [0.25, 0.3) is 0 Å². The van der Waals surface area contributed by atoms with E-state index in [1.807, 2.05) is 67.4 Å². The zero-order chi connectivity index (χ0) is 12.8. The van der Waals surface area contributed by atoms with Crippen LogP contribution < -0.4 is 5.46 Å². The number of nitrogens with zero attached hydrogens (tertiary/aromatic N) is 3. The summed E-state index contributed by atoms with van der Waals surface area (Å²) in [6, 6.07) is 20.0. The van der Waals surface area contributed by atoms with Crippen LogP contribution >= 0.6 is 0 Å². The zero-order valence-corrected chi connectivity index (χ0v) is 11.7. The van der Waals surface area contributed by atoms with Gasteiger partial charge in [0.2, 0.25) is 0 Å². The molecule has 2 aromatic carbocycles. The maximum absolute atomic E-state index is 4.41. The minimum absolute atomic E-state index is 0. The van der Waals surface area contributed by atoms with Gasteiger partial charge in [-0.05, 0) is 31.7 Å². The van der Waals surface area contributed by atoms with E-state index in [0.717, 1.165) is 11.2 Å². The third-order valence-corrected chi connectivity index (χ3v) is 2.63. The van der Waals surface area contributed by atoms with Crippen molar-refractivity contribution in [1.29, 1.82) is 0 Å². The Labute approximate surface area is 119 Å². The lowest BCUT2D eigenvalue weighted by Crippen LogP contribution is -2.42. The van der Waals surface area contributed by atoms with Crippen molar-refractivity contribution in [2.24, 2.45) is 10.1 Å². The van der Waals surface area contributed by atoms with Crippen molar-refractivity contribution in [2.75, 3.05) is 14.1 Å². The quantitative estimate of drug-likeness (QED) is 0.605. The van der Waals surface area contributed by atoms with Crippen molar-refractivity contribution < 1.29 is 11.0 Å². The first-order valence-electron chi connectivity index (χ1n) is 5.94. The molecule has 0 radical (unpaired) electrons. The van der Waals surface area contributed by atoms with Crippen LogP contribution in [0, 0.1) is 0 Å². The highest BCUT2D eigenvalue weighted by Crippen LogP contribution is 2.10. The van der Waals surface area contributed by atoms with E-state index < -0.39 is 0 Å². The van der Waals surface area contributed by atoms with Gasteiger partial charge in [0.15, 0.2) is 0 Å². The van der Waals surface area contributed by atoms with Crippen molar-refractivity contribution in [2.45, 2.75) is 0 Å². The summed E-state index contributed by atoms with van der Waals surface area (Å²) in [7, 11) is 4.00. The van der Waals surface area contributed by atoms with Gasteiger partial charge in [0.25, 0.3) is 0 Å². The van der Waals surface area contributed by atoms with Gasteiger partial charge in [-0.15, -0.1) is 0 Å². The van der Waals surface area contributed by atoms with Crippen LogP contribution in [-0.4, -0.2) is 36.8 Å². The Hall–Kier alpha value is -2.02. The van der Waals surface area contributed by atoms with Gasteiger partial charge < -0.3 is 15.8 Å². The lowest BCUT2D eigenvalue weighted by Gasteiger charge is -2.14. The number of benzene rings is 2. The third kappa shape index (κ3) is 4.93. The van der Waals surface area contributed by atoms with Gasteiger partial charge in [-0.2, -0.15) is 5.11 Å². The van der Waals surface area contributed by atoms with E-state index >= 15 is 0 Å². The molecule has 0 aromatic heterocycles. The van der Waals surface area contributed by atoms with Crippen molar-refractivity contribution in [3.63, 3.8) is 0 Å². The van der Waals surface area contributed by atoms with Gasteiger partial charge >= 0.3 is 6.98 Å². The summed E-state index contributed by atoms with van der Waals surface area (Å²) in [5.74, 6) is 0.